The predicted octanol–water partition coefficient (Wildman–Crippen LogP) is 4.15. The van der Waals surface area contributed by atoms with Crippen molar-refractivity contribution in [1.29, 1.82) is 0 Å². The Morgan fingerprint density at radius 1 is 1.12 bits per heavy atom. The molecule has 2 atom stereocenters. The maximum Gasteiger partial charge on any atom is 0.231 e. The van der Waals surface area contributed by atoms with Crippen LogP contribution < -0.4 is 15.5 Å². The standard InChI is InChI=1S/C32H40F2N6O2/c1-22-3-4-23(29(17-22)38-13-15-42-16-14-38)19-39-12-11-36-31(39)37-30(41)27-21-40(32(2)7-9-35-10-8-32)20-26(27)25-6-5-24(33)18-28(25)34/h3-6,11-12,17-18,26-27,35H,7-10,13-16,19-21H2,1-2H3,(H,36,37,41)/t26-,27+/m0/s1. The van der Waals surface area contributed by atoms with Crippen LogP contribution in [0.25, 0.3) is 0 Å². The van der Waals surface area contributed by atoms with E-state index < -0.39 is 23.5 Å². The van der Waals surface area contributed by atoms with E-state index in [0.717, 1.165) is 56.3 Å². The van der Waals surface area contributed by atoms with Crippen LogP contribution in [0.4, 0.5) is 20.4 Å². The molecular weight excluding hydrogens is 538 g/mol. The lowest BCUT2D eigenvalue weighted by Crippen LogP contribution is -2.52. The van der Waals surface area contributed by atoms with Gasteiger partial charge in [0.25, 0.3) is 0 Å². The van der Waals surface area contributed by atoms with Crippen molar-refractivity contribution in [2.24, 2.45) is 5.92 Å². The van der Waals surface area contributed by atoms with E-state index in [2.05, 4.69) is 57.5 Å². The zero-order valence-corrected chi connectivity index (χ0v) is 24.4. The number of imidazole rings is 1. The van der Waals surface area contributed by atoms with Crippen LogP contribution in [0, 0.1) is 24.5 Å². The van der Waals surface area contributed by atoms with E-state index in [9.17, 15) is 9.18 Å². The van der Waals surface area contributed by atoms with Crippen molar-refractivity contribution >= 4 is 17.5 Å². The Labute approximate surface area is 246 Å². The van der Waals surface area contributed by atoms with Crippen molar-refractivity contribution < 1.29 is 18.3 Å². The number of amides is 1. The highest BCUT2D eigenvalue weighted by Crippen LogP contribution is 2.40. The number of rotatable bonds is 7. The maximum atomic E-state index is 15.1. The molecular formula is C32H40F2N6O2. The Hall–Kier alpha value is -3.34. The Morgan fingerprint density at radius 3 is 2.67 bits per heavy atom. The minimum Gasteiger partial charge on any atom is -0.378 e. The van der Waals surface area contributed by atoms with Crippen LogP contribution >= 0.6 is 0 Å². The topological polar surface area (TPSA) is 74.7 Å². The molecule has 42 heavy (non-hydrogen) atoms. The maximum absolute atomic E-state index is 15.1. The molecule has 0 radical (unpaired) electrons. The van der Waals surface area contributed by atoms with Crippen LogP contribution in [0.15, 0.2) is 48.8 Å². The van der Waals surface area contributed by atoms with Gasteiger partial charge in [-0.25, -0.2) is 13.8 Å². The summed E-state index contributed by atoms with van der Waals surface area (Å²) in [4.78, 5) is 23.1. The molecule has 0 bridgehead atoms. The number of piperidine rings is 1. The van der Waals surface area contributed by atoms with E-state index in [1.807, 2.05) is 10.8 Å². The molecule has 0 unspecified atom stereocenters. The van der Waals surface area contributed by atoms with E-state index >= 15 is 4.39 Å². The highest BCUT2D eigenvalue weighted by molar-refractivity contribution is 5.92. The number of anilines is 2. The fraction of sp³-hybridized carbons (Fsp3) is 0.500. The summed E-state index contributed by atoms with van der Waals surface area (Å²) in [7, 11) is 0. The van der Waals surface area contributed by atoms with Gasteiger partial charge < -0.3 is 19.5 Å². The minimum atomic E-state index is -0.619. The molecule has 3 saturated heterocycles. The largest absolute Gasteiger partial charge is 0.378 e. The van der Waals surface area contributed by atoms with Gasteiger partial charge in [0.15, 0.2) is 0 Å². The lowest BCUT2D eigenvalue weighted by molar-refractivity contribution is -0.120. The van der Waals surface area contributed by atoms with Gasteiger partial charge in [-0.3, -0.25) is 15.0 Å². The molecule has 10 heteroatoms. The lowest BCUT2D eigenvalue weighted by Gasteiger charge is -2.42. The van der Waals surface area contributed by atoms with Crippen molar-refractivity contribution in [2.45, 2.75) is 44.7 Å². The van der Waals surface area contributed by atoms with Crippen LogP contribution in [0.5, 0.6) is 0 Å². The second kappa shape index (κ2) is 12.1. The van der Waals surface area contributed by atoms with E-state index in [4.69, 9.17) is 4.74 Å². The predicted molar refractivity (Wildman–Crippen MR) is 159 cm³/mol. The zero-order chi connectivity index (χ0) is 29.3. The molecule has 3 aliphatic heterocycles. The van der Waals surface area contributed by atoms with Gasteiger partial charge in [0.05, 0.1) is 25.7 Å². The first-order valence-corrected chi connectivity index (χ1v) is 15.0. The van der Waals surface area contributed by atoms with Crippen LogP contribution in [0.1, 0.15) is 42.4 Å². The van der Waals surface area contributed by atoms with Crippen LogP contribution in [0.3, 0.4) is 0 Å². The molecule has 1 aromatic heterocycles. The quantitative estimate of drug-likeness (QED) is 0.439. The number of carbonyl (C=O) groups excluding carboxylic acids is 1. The fourth-order valence-electron chi connectivity index (χ4n) is 6.76. The van der Waals surface area contributed by atoms with Crippen molar-refractivity contribution in [3.05, 3.63) is 77.1 Å². The summed E-state index contributed by atoms with van der Waals surface area (Å²) in [6.07, 6.45) is 5.46. The number of halogens is 2. The normalized spacial score (nSPS) is 22.8. The first kappa shape index (κ1) is 28.8. The SMILES string of the molecule is Cc1ccc(Cn2ccnc2NC(=O)[C@@H]2CN(C3(C)CCNCC3)C[C@H]2c2ccc(F)cc2F)c(N2CCOCC2)c1. The number of aryl methyl sites for hydroxylation is 1. The summed E-state index contributed by atoms with van der Waals surface area (Å²) in [5, 5.41) is 6.48. The smallest absolute Gasteiger partial charge is 0.231 e. The van der Waals surface area contributed by atoms with Crippen molar-refractivity contribution in [2.75, 3.05) is 62.7 Å². The minimum absolute atomic E-state index is 0.0885. The average molecular weight is 579 g/mol. The third-order valence-electron chi connectivity index (χ3n) is 9.35. The molecule has 0 aliphatic carbocycles. The summed E-state index contributed by atoms with van der Waals surface area (Å²) >= 11 is 0. The number of morpholine rings is 1. The first-order valence-electron chi connectivity index (χ1n) is 15.0. The third kappa shape index (κ3) is 5.93. The second-order valence-electron chi connectivity index (χ2n) is 12.1. The number of benzene rings is 2. The third-order valence-corrected chi connectivity index (χ3v) is 9.35. The van der Waals surface area contributed by atoms with Crippen molar-refractivity contribution in [1.82, 2.24) is 19.8 Å². The fourth-order valence-corrected chi connectivity index (χ4v) is 6.76. The number of aromatic nitrogens is 2. The molecule has 4 heterocycles. The molecule has 6 rings (SSSR count). The number of hydrogen-bond acceptors (Lipinski definition) is 6. The monoisotopic (exact) mass is 578 g/mol. The summed E-state index contributed by atoms with van der Waals surface area (Å²) in [6, 6.07) is 10.1. The number of nitrogens with zero attached hydrogens (tertiary/aromatic N) is 4. The van der Waals surface area contributed by atoms with E-state index in [0.29, 0.717) is 44.4 Å². The molecule has 8 nitrogen and oxygen atoms in total. The number of likely N-dealkylation sites (tertiary alicyclic amines) is 1. The van der Waals surface area contributed by atoms with Crippen molar-refractivity contribution in [3.63, 3.8) is 0 Å². The number of hydrogen-bond donors (Lipinski definition) is 2. The van der Waals surface area contributed by atoms with E-state index in [-0.39, 0.29) is 11.4 Å². The summed E-state index contributed by atoms with van der Waals surface area (Å²) in [6.45, 7) is 10.8. The Morgan fingerprint density at radius 2 is 1.90 bits per heavy atom. The second-order valence-corrected chi connectivity index (χ2v) is 12.1. The number of carbonyl (C=O) groups is 1. The molecule has 0 saturated carbocycles. The van der Waals surface area contributed by atoms with Gasteiger partial charge in [0.1, 0.15) is 11.6 Å². The zero-order valence-electron chi connectivity index (χ0n) is 24.4. The molecule has 2 aromatic carbocycles. The molecule has 1 amide bonds. The number of nitrogens with one attached hydrogen (secondary N) is 2. The van der Waals surface area contributed by atoms with E-state index in [1.165, 1.54) is 17.7 Å². The van der Waals surface area contributed by atoms with Gasteiger partial charge in [0, 0.05) is 61.8 Å². The van der Waals surface area contributed by atoms with Crippen LogP contribution in [0.2, 0.25) is 0 Å². The summed E-state index contributed by atoms with van der Waals surface area (Å²) in [5.41, 5.74) is 3.78. The van der Waals surface area contributed by atoms with Gasteiger partial charge in [-0.1, -0.05) is 18.2 Å². The number of ether oxygens (including phenoxy) is 1. The lowest BCUT2D eigenvalue weighted by atomic mass is 9.87. The van der Waals surface area contributed by atoms with Gasteiger partial charge >= 0.3 is 0 Å². The Kier molecular flexibility index (Phi) is 8.29. The van der Waals surface area contributed by atoms with Crippen LogP contribution in [-0.4, -0.2) is 78.4 Å². The average Bonchev–Trinajstić information content (AvgIpc) is 3.63. The molecule has 3 aliphatic rings. The molecule has 224 valence electrons. The molecule has 0 spiro atoms. The molecule has 3 fully saturated rings. The molecule has 2 N–H and O–H groups in total. The highest BCUT2D eigenvalue weighted by Gasteiger charge is 2.46. The first-order chi connectivity index (χ1) is 20.3. The van der Waals surface area contributed by atoms with Gasteiger partial charge in [-0.15, -0.1) is 0 Å². The summed E-state index contributed by atoms with van der Waals surface area (Å²) in [5.74, 6) is -1.87. The van der Waals surface area contributed by atoms with E-state index in [1.54, 1.807) is 6.20 Å². The van der Waals surface area contributed by atoms with Crippen molar-refractivity contribution in [3.8, 4) is 0 Å². The van der Waals surface area contributed by atoms with Crippen LogP contribution in [-0.2, 0) is 16.1 Å². The van der Waals surface area contributed by atoms with Gasteiger partial charge in [-0.2, -0.15) is 0 Å². The van der Waals surface area contributed by atoms with Gasteiger partial charge in [-0.05, 0) is 68.6 Å². The Bertz CT molecular complexity index is 1420. The highest BCUT2D eigenvalue weighted by atomic mass is 19.1. The summed E-state index contributed by atoms with van der Waals surface area (Å²) < 4.78 is 36.4. The Balaban J connectivity index is 1.24. The van der Waals surface area contributed by atoms with Gasteiger partial charge in [0.2, 0.25) is 11.9 Å². The molecule has 3 aromatic rings.